The monoisotopic (exact) mass is 354 g/mol. The first-order valence-corrected chi connectivity index (χ1v) is 10.3. The van der Waals surface area contributed by atoms with Crippen molar-refractivity contribution in [2.45, 2.75) is 64.1 Å². The molecular weight excluding hydrogens is 320 g/mol. The van der Waals surface area contributed by atoms with E-state index in [1.165, 1.54) is 37.9 Å². The maximum atomic E-state index is 9.94. The number of rotatable bonds is 7. The van der Waals surface area contributed by atoms with Gasteiger partial charge in [-0.2, -0.15) is 0 Å². The molecule has 26 heavy (non-hydrogen) atoms. The van der Waals surface area contributed by atoms with Crippen molar-refractivity contribution < 1.29 is 5.11 Å². The maximum Gasteiger partial charge on any atom is 0.0718 e. The van der Waals surface area contributed by atoms with Crippen molar-refractivity contribution in [3.05, 3.63) is 41.5 Å². The van der Waals surface area contributed by atoms with Crippen molar-refractivity contribution in [2.24, 2.45) is 11.3 Å². The molecule has 3 heteroatoms. The zero-order valence-electron chi connectivity index (χ0n) is 16.5. The van der Waals surface area contributed by atoms with E-state index in [1.54, 1.807) is 5.57 Å². The first-order chi connectivity index (χ1) is 12.4. The minimum absolute atomic E-state index is 0.556. The molecule has 1 heterocycles. The molecule has 2 aliphatic carbocycles. The lowest BCUT2D eigenvalue weighted by molar-refractivity contribution is -0.105. The van der Waals surface area contributed by atoms with Gasteiger partial charge in [-0.3, -0.25) is 4.90 Å². The number of benzene rings is 1. The zero-order chi connectivity index (χ0) is 18.4. The quantitative estimate of drug-likeness (QED) is 0.784. The highest BCUT2D eigenvalue weighted by Gasteiger charge is 2.54. The number of aliphatic hydroxyl groups is 1. The van der Waals surface area contributed by atoms with Gasteiger partial charge in [0.2, 0.25) is 0 Å². The number of nitrogens with one attached hydrogen (secondary N) is 1. The normalized spacial score (nSPS) is 28.7. The Morgan fingerprint density at radius 3 is 2.58 bits per heavy atom. The summed E-state index contributed by atoms with van der Waals surface area (Å²) in [5.74, 6) is 0.741. The molecule has 2 saturated carbocycles. The SMILES string of the molecule is CC/C(=C\c1ccccc1)[C@H]1C[C@@H]1NC1CC2(C1)CN(CC(C)(C)O)C2. The number of nitrogens with zero attached hydrogens (tertiary/aromatic N) is 1. The van der Waals surface area contributed by atoms with Crippen molar-refractivity contribution in [3.8, 4) is 0 Å². The maximum absolute atomic E-state index is 9.94. The molecule has 3 nitrogen and oxygen atoms in total. The van der Waals surface area contributed by atoms with Crippen LogP contribution in [0.15, 0.2) is 35.9 Å². The van der Waals surface area contributed by atoms with Crippen LogP contribution in [0.5, 0.6) is 0 Å². The topological polar surface area (TPSA) is 35.5 Å². The van der Waals surface area contributed by atoms with Crippen LogP contribution >= 0.6 is 0 Å². The van der Waals surface area contributed by atoms with Crippen LogP contribution in [0.25, 0.3) is 6.08 Å². The van der Waals surface area contributed by atoms with Gasteiger partial charge in [0.05, 0.1) is 5.60 Å². The number of hydrogen-bond acceptors (Lipinski definition) is 3. The minimum Gasteiger partial charge on any atom is -0.389 e. The molecule has 142 valence electrons. The molecule has 0 aromatic heterocycles. The highest BCUT2D eigenvalue weighted by molar-refractivity contribution is 5.54. The fraction of sp³-hybridized carbons (Fsp3) is 0.652. The van der Waals surface area contributed by atoms with Gasteiger partial charge < -0.3 is 10.4 Å². The highest BCUT2D eigenvalue weighted by Crippen LogP contribution is 2.50. The summed E-state index contributed by atoms with van der Waals surface area (Å²) in [6.07, 6.45) is 7.50. The first kappa shape index (κ1) is 18.2. The second-order valence-electron chi connectivity index (χ2n) is 9.66. The smallest absolute Gasteiger partial charge is 0.0718 e. The molecule has 3 aliphatic rings. The summed E-state index contributed by atoms with van der Waals surface area (Å²) in [4.78, 5) is 2.41. The van der Waals surface area contributed by atoms with Crippen molar-refractivity contribution in [3.63, 3.8) is 0 Å². The zero-order valence-corrected chi connectivity index (χ0v) is 16.5. The number of hydrogen-bond donors (Lipinski definition) is 2. The summed E-state index contributed by atoms with van der Waals surface area (Å²) in [6, 6.07) is 12.1. The second kappa shape index (κ2) is 6.78. The van der Waals surface area contributed by atoms with Crippen LogP contribution in [0.3, 0.4) is 0 Å². The van der Waals surface area contributed by atoms with Crippen LogP contribution in [0.2, 0.25) is 0 Å². The Balaban J connectivity index is 1.22. The van der Waals surface area contributed by atoms with Gasteiger partial charge >= 0.3 is 0 Å². The Bertz CT molecular complexity index is 647. The Kier molecular flexibility index (Phi) is 4.75. The molecule has 1 saturated heterocycles. The lowest BCUT2D eigenvalue weighted by Gasteiger charge is -2.60. The third-order valence-electron chi connectivity index (χ3n) is 6.36. The lowest BCUT2D eigenvalue weighted by atomic mass is 9.60. The van der Waals surface area contributed by atoms with Crippen LogP contribution in [-0.4, -0.2) is 47.3 Å². The van der Waals surface area contributed by atoms with Crippen molar-refractivity contribution in [2.75, 3.05) is 19.6 Å². The van der Waals surface area contributed by atoms with E-state index in [1.807, 2.05) is 13.8 Å². The van der Waals surface area contributed by atoms with Crippen LogP contribution < -0.4 is 5.32 Å². The standard InChI is InChI=1S/C23H34N2O/c1-4-18(10-17-8-6-5-7-9-17)20-11-21(20)24-19-12-23(13-19)15-25(16-23)14-22(2,3)26/h5-10,19-21,24,26H,4,11-16H2,1-3H3/b18-10+/t20-,21+/m1/s1. The van der Waals surface area contributed by atoms with Gasteiger partial charge in [0.1, 0.15) is 0 Å². The average molecular weight is 355 g/mol. The van der Waals surface area contributed by atoms with Gasteiger partial charge in [-0.1, -0.05) is 48.9 Å². The Morgan fingerprint density at radius 2 is 1.96 bits per heavy atom. The summed E-state index contributed by atoms with van der Waals surface area (Å²) in [5, 5.41) is 13.9. The molecule has 0 radical (unpaired) electrons. The molecule has 3 fully saturated rings. The van der Waals surface area contributed by atoms with Crippen LogP contribution in [0, 0.1) is 11.3 Å². The summed E-state index contributed by atoms with van der Waals surface area (Å²) >= 11 is 0. The molecule has 0 amide bonds. The minimum atomic E-state index is -0.564. The molecule has 0 bridgehead atoms. The van der Waals surface area contributed by atoms with Crippen molar-refractivity contribution in [1.29, 1.82) is 0 Å². The molecule has 1 aromatic carbocycles. The summed E-state index contributed by atoms with van der Waals surface area (Å²) in [6.45, 7) is 9.26. The lowest BCUT2D eigenvalue weighted by Crippen LogP contribution is -2.67. The second-order valence-corrected chi connectivity index (χ2v) is 9.66. The highest BCUT2D eigenvalue weighted by atomic mass is 16.3. The third kappa shape index (κ3) is 4.05. The predicted molar refractivity (Wildman–Crippen MR) is 108 cm³/mol. The van der Waals surface area contributed by atoms with Crippen molar-refractivity contribution in [1.82, 2.24) is 10.2 Å². The number of β-amino-alcohol motifs (C(OH)–C–C–N with tert-alkyl or cyclic N) is 1. The van der Waals surface area contributed by atoms with E-state index in [2.05, 4.69) is 53.5 Å². The fourth-order valence-electron chi connectivity index (χ4n) is 5.25. The van der Waals surface area contributed by atoms with Crippen LogP contribution in [0.1, 0.15) is 52.0 Å². The van der Waals surface area contributed by atoms with Gasteiger partial charge in [0.15, 0.2) is 0 Å². The molecule has 1 aromatic rings. The van der Waals surface area contributed by atoms with E-state index in [4.69, 9.17) is 0 Å². The average Bonchev–Trinajstić information content (AvgIpc) is 3.27. The van der Waals surface area contributed by atoms with E-state index < -0.39 is 5.60 Å². The van der Waals surface area contributed by atoms with Gasteiger partial charge in [-0.15, -0.1) is 0 Å². The fourth-order valence-corrected chi connectivity index (χ4v) is 5.25. The van der Waals surface area contributed by atoms with E-state index in [0.29, 0.717) is 17.5 Å². The first-order valence-electron chi connectivity index (χ1n) is 10.3. The molecule has 2 N–H and O–H groups in total. The summed E-state index contributed by atoms with van der Waals surface area (Å²) in [7, 11) is 0. The third-order valence-corrected chi connectivity index (χ3v) is 6.36. The largest absolute Gasteiger partial charge is 0.389 e. The molecule has 1 aliphatic heterocycles. The Morgan fingerprint density at radius 1 is 1.27 bits per heavy atom. The van der Waals surface area contributed by atoms with E-state index in [-0.39, 0.29) is 0 Å². The van der Waals surface area contributed by atoms with Crippen LogP contribution in [-0.2, 0) is 0 Å². The van der Waals surface area contributed by atoms with E-state index >= 15 is 0 Å². The van der Waals surface area contributed by atoms with Gasteiger partial charge in [-0.25, -0.2) is 0 Å². The van der Waals surface area contributed by atoms with Gasteiger partial charge in [-0.05, 0) is 56.4 Å². The summed E-state index contributed by atoms with van der Waals surface area (Å²) in [5.41, 5.74) is 2.92. The number of likely N-dealkylation sites (tertiary alicyclic amines) is 1. The molecule has 2 atom stereocenters. The van der Waals surface area contributed by atoms with E-state index in [9.17, 15) is 5.11 Å². The van der Waals surface area contributed by atoms with Gasteiger partial charge in [0, 0.05) is 31.7 Å². The Labute approximate surface area is 158 Å². The van der Waals surface area contributed by atoms with Crippen LogP contribution in [0.4, 0.5) is 0 Å². The Hall–Kier alpha value is -1.16. The summed E-state index contributed by atoms with van der Waals surface area (Å²) < 4.78 is 0. The predicted octanol–water partition coefficient (Wildman–Crippen LogP) is 3.69. The van der Waals surface area contributed by atoms with E-state index in [0.717, 1.165) is 18.9 Å². The molecule has 0 unspecified atom stereocenters. The van der Waals surface area contributed by atoms with Crippen molar-refractivity contribution >= 4 is 6.08 Å². The molecule has 4 rings (SSSR count). The molecule has 1 spiro atoms. The van der Waals surface area contributed by atoms with Gasteiger partial charge in [0.25, 0.3) is 0 Å². The molecular formula is C23H34N2O.